The molecule has 2 rings (SSSR count). The van der Waals surface area contributed by atoms with Crippen LogP contribution in [0.2, 0.25) is 5.02 Å². The van der Waals surface area contributed by atoms with E-state index >= 15 is 0 Å². The summed E-state index contributed by atoms with van der Waals surface area (Å²) in [5.74, 6) is 0. The summed E-state index contributed by atoms with van der Waals surface area (Å²) < 4.78 is 27.1. The average molecular weight is 311 g/mol. The standard InChI is InChI=1S/C14H15ClN2O2S/c1-16-13-4-2-3-5-14(13)20(18,19)17-10-11-6-8-12(15)9-7-11/h2-9,16-17H,10H2,1H3. The maximum Gasteiger partial charge on any atom is 0.242 e. The number of benzene rings is 2. The van der Waals surface area contributed by atoms with Gasteiger partial charge in [0.15, 0.2) is 0 Å². The number of sulfonamides is 1. The lowest BCUT2D eigenvalue weighted by molar-refractivity contribution is 0.581. The van der Waals surface area contributed by atoms with Crippen LogP contribution >= 0.6 is 11.6 Å². The third-order valence-electron chi connectivity index (χ3n) is 2.83. The molecule has 2 N–H and O–H groups in total. The van der Waals surface area contributed by atoms with E-state index in [0.717, 1.165) is 5.56 Å². The molecule has 0 aromatic heterocycles. The molecule has 0 aliphatic carbocycles. The lowest BCUT2D eigenvalue weighted by Crippen LogP contribution is -2.24. The Hall–Kier alpha value is -1.56. The molecule has 0 aliphatic heterocycles. The second-order valence-electron chi connectivity index (χ2n) is 4.20. The molecule has 4 nitrogen and oxygen atoms in total. The lowest BCUT2D eigenvalue weighted by Gasteiger charge is -2.11. The molecule has 0 unspecified atom stereocenters. The van der Waals surface area contributed by atoms with E-state index in [1.165, 1.54) is 0 Å². The fraction of sp³-hybridized carbons (Fsp3) is 0.143. The zero-order valence-electron chi connectivity index (χ0n) is 10.9. The molecule has 0 heterocycles. The fourth-order valence-corrected chi connectivity index (χ4v) is 3.12. The van der Waals surface area contributed by atoms with Gasteiger partial charge in [-0.05, 0) is 29.8 Å². The Morgan fingerprint density at radius 3 is 2.35 bits per heavy atom. The minimum Gasteiger partial charge on any atom is -0.387 e. The van der Waals surface area contributed by atoms with E-state index in [2.05, 4.69) is 10.0 Å². The Morgan fingerprint density at radius 2 is 1.70 bits per heavy atom. The van der Waals surface area contributed by atoms with Crippen molar-refractivity contribution in [1.82, 2.24) is 4.72 Å². The molecule has 106 valence electrons. The minimum atomic E-state index is -3.56. The Kier molecular flexibility index (Phi) is 4.65. The quantitative estimate of drug-likeness (QED) is 0.893. The molecule has 2 aromatic rings. The van der Waals surface area contributed by atoms with Crippen LogP contribution < -0.4 is 10.0 Å². The summed E-state index contributed by atoms with van der Waals surface area (Å²) in [5.41, 5.74) is 1.41. The molecule has 0 saturated carbocycles. The monoisotopic (exact) mass is 310 g/mol. The van der Waals surface area contributed by atoms with Gasteiger partial charge in [-0.2, -0.15) is 0 Å². The fourth-order valence-electron chi connectivity index (χ4n) is 1.77. The summed E-state index contributed by atoms with van der Waals surface area (Å²) in [6, 6.07) is 13.8. The Labute approximate surface area is 123 Å². The highest BCUT2D eigenvalue weighted by molar-refractivity contribution is 7.89. The molecular weight excluding hydrogens is 296 g/mol. The molecule has 0 saturated heterocycles. The SMILES string of the molecule is CNc1ccccc1S(=O)(=O)NCc1ccc(Cl)cc1. The van der Waals surface area contributed by atoms with Crippen molar-refractivity contribution in [1.29, 1.82) is 0 Å². The molecule has 0 spiro atoms. The van der Waals surface area contributed by atoms with Crippen LogP contribution in [0.4, 0.5) is 5.69 Å². The van der Waals surface area contributed by atoms with Crippen LogP contribution in [0.3, 0.4) is 0 Å². The third-order valence-corrected chi connectivity index (χ3v) is 4.54. The van der Waals surface area contributed by atoms with E-state index in [1.54, 1.807) is 55.6 Å². The summed E-state index contributed by atoms with van der Waals surface area (Å²) in [4.78, 5) is 0.233. The van der Waals surface area contributed by atoms with Crippen molar-refractivity contribution in [3.8, 4) is 0 Å². The summed E-state index contributed by atoms with van der Waals surface area (Å²) in [7, 11) is -1.87. The zero-order valence-corrected chi connectivity index (χ0v) is 12.5. The number of para-hydroxylation sites is 1. The van der Waals surface area contributed by atoms with Gasteiger partial charge in [0.05, 0.1) is 5.69 Å². The van der Waals surface area contributed by atoms with Gasteiger partial charge >= 0.3 is 0 Å². The predicted molar refractivity (Wildman–Crippen MR) is 81.5 cm³/mol. The molecule has 0 fully saturated rings. The van der Waals surface area contributed by atoms with Gasteiger partial charge in [0.2, 0.25) is 10.0 Å². The Bertz CT molecular complexity index is 685. The lowest BCUT2D eigenvalue weighted by atomic mass is 10.2. The van der Waals surface area contributed by atoms with Crippen molar-refractivity contribution < 1.29 is 8.42 Å². The smallest absolute Gasteiger partial charge is 0.242 e. The van der Waals surface area contributed by atoms with E-state index < -0.39 is 10.0 Å². The number of hydrogen-bond acceptors (Lipinski definition) is 3. The molecule has 0 aliphatic rings. The second-order valence-corrected chi connectivity index (χ2v) is 6.37. The summed E-state index contributed by atoms with van der Waals surface area (Å²) >= 11 is 5.79. The minimum absolute atomic E-state index is 0.220. The molecule has 0 amide bonds. The number of hydrogen-bond donors (Lipinski definition) is 2. The molecule has 20 heavy (non-hydrogen) atoms. The first-order valence-corrected chi connectivity index (χ1v) is 7.90. The second kappa shape index (κ2) is 6.26. The van der Waals surface area contributed by atoms with Crippen molar-refractivity contribution in [2.75, 3.05) is 12.4 Å². The van der Waals surface area contributed by atoms with Crippen LogP contribution in [0.1, 0.15) is 5.56 Å². The summed E-state index contributed by atoms with van der Waals surface area (Å²) in [6.45, 7) is 0.220. The van der Waals surface area contributed by atoms with Crippen molar-refractivity contribution in [3.63, 3.8) is 0 Å². The van der Waals surface area contributed by atoms with E-state index in [1.807, 2.05) is 0 Å². The molecule has 0 radical (unpaired) electrons. The molecule has 2 aromatic carbocycles. The van der Waals surface area contributed by atoms with Crippen molar-refractivity contribution >= 4 is 27.3 Å². The number of anilines is 1. The summed E-state index contributed by atoms with van der Waals surface area (Å²) in [5, 5.41) is 3.49. The maximum atomic E-state index is 12.3. The van der Waals surface area contributed by atoms with Gasteiger partial charge in [-0.3, -0.25) is 0 Å². The van der Waals surface area contributed by atoms with Gasteiger partial charge in [-0.15, -0.1) is 0 Å². The highest BCUT2D eigenvalue weighted by Gasteiger charge is 2.17. The normalized spacial score (nSPS) is 11.3. The average Bonchev–Trinajstić information content (AvgIpc) is 2.46. The molecule has 0 atom stereocenters. The number of nitrogens with one attached hydrogen (secondary N) is 2. The summed E-state index contributed by atoms with van der Waals surface area (Å²) in [6.07, 6.45) is 0. The van der Waals surface area contributed by atoms with Gasteiger partial charge in [0.1, 0.15) is 4.90 Å². The highest BCUT2D eigenvalue weighted by atomic mass is 35.5. The van der Waals surface area contributed by atoms with Gasteiger partial charge in [-0.25, -0.2) is 13.1 Å². The first-order valence-electron chi connectivity index (χ1n) is 6.04. The van der Waals surface area contributed by atoms with Crippen LogP contribution in [-0.4, -0.2) is 15.5 Å². The van der Waals surface area contributed by atoms with Gasteiger partial charge in [-0.1, -0.05) is 35.9 Å². The first-order chi connectivity index (χ1) is 9.53. The van der Waals surface area contributed by atoms with Crippen molar-refractivity contribution in [2.45, 2.75) is 11.4 Å². The van der Waals surface area contributed by atoms with Gasteiger partial charge in [0.25, 0.3) is 0 Å². The van der Waals surface area contributed by atoms with E-state index in [-0.39, 0.29) is 11.4 Å². The van der Waals surface area contributed by atoms with Crippen LogP contribution in [0, 0.1) is 0 Å². The van der Waals surface area contributed by atoms with E-state index in [9.17, 15) is 8.42 Å². The number of rotatable bonds is 5. The third kappa shape index (κ3) is 3.50. The molecule has 0 bridgehead atoms. The van der Waals surface area contributed by atoms with E-state index in [0.29, 0.717) is 10.7 Å². The van der Waals surface area contributed by atoms with Crippen LogP contribution in [0.15, 0.2) is 53.4 Å². The predicted octanol–water partition coefficient (Wildman–Crippen LogP) is 2.86. The zero-order chi connectivity index (χ0) is 14.6. The number of halogens is 1. The topological polar surface area (TPSA) is 58.2 Å². The van der Waals surface area contributed by atoms with E-state index in [4.69, 9.17) is 11.6 Å². The molecule has 6 heteroatoms. The van der Waals surface area contributed by atoms with Crippen molar-refractivity contribution in [3.05, 3.63) is 59.1 Å². The van der Waals surface area contributed by atoms with Gasteiger partial charge in [0, 0.05) is 18.6 Å². The maximum absolute atomic E-state index is 12.3. The molecular formula is C14H15ClN2O2S. The Morgan fingerprint density at radius 1 is 1.05 bits per heavy atom. The van der Waals surface area contributed by atoms with Gasteiger partial charge < -0.3 is 5.32 Å². The van der Waals surface area contributed by atoms with Crippen LogP contribution in [0.5, 0.6) is 0 Å². The first kappa shape index (κ1) is 14.8. The largest absolute Gasteiger partial charge is 0.387 e. The van der Waals surface area contributed by atoms with Crippen LogP contribution in [0.25, 0.3) is 0 Å². The Balaban J connectivity index is 2.17. The highest BCUT2D eigenvalue weighted by Crippen LogP contribution is 2.20. The van der Waals surface area contributed by atoms with Crippen molar-refractivity contribution in [2.24, 2.45) is 0 Å². The van der Waals surface area contributed by atoms with Crippen LogP contribution in [-0.2, 0) is 16.6 Å².